The van der Waals surface area contributed by atoms with Gasteiger partial charge in [0.15, 0.2) is 11.5 Å². The molecular weight excluding hydrogens is 315 g/mol. The first-order valence-electron chi connectivity index (χ1n) is 4.95. The second kappa shape index (κ2) is 4.38. The van der Waals surface area contributed by atoms with Crippen LogP contribution in [0.2, 0.25) is 0 Å². The van der Waals surface area contributed by atoms with E-state index >= 15 is 0 Å². The molecule has 1 aromatic rings. The first-order valence-corrected chi connectivity index (χ1v) is 5.75. The summed E-state index contributed by atoms with van der Waals surface area (Å²) in [4.78, 5) is 15.7. The maximum absolute atomic E-state index is 12.2. The maximum Gasteiger partial charge on any atom is 0.573 e. The summed E-state index contributed by atoms with van der Waals surface area (Å²) >= 11 is 3.04. The van der Waals surface area contributed by atoms with Crippen molar-refractivity contribution in [3.63, 3.8) is 0 Å². The molecule has 0 spiro atoms. The van der Waals surface area contributed by atoms with Gasteiger partial charge in [0.25, 0.3) is 0 Å². The number of ketones is 1. The number of carbonyl (C=O) groups is 1. The Balaban J connectivity index is 2.55. The predicted octanol–water partition coefficient (Wildman–Crippen LogP) is 3.88. The lowest BCUT2D eigenvalue weighted by Gasteiger charge is -2.18. The van der Waals surface area contributed by atoms with Crippen LogP contribution in [0.25, 0.3) is 0 Å². The van der Waals surface area contributed by atoms with Crippen molar-refractivity contribution in [1.82, 2.24) is 0 Å². The zero-order valence-corrected chi connectivity index (χ0v) is 10.7. The van der Waals surface area contributed by atoms with Crippen molar-refractivity contribution in [3.8, 4) is 5.75 Å². The Morgan fingerprint density at radius 3 is 2.67 bits per heavy atom. The standard InChI is InChI=1S/C11H7BrF3NO2/c1-5-4-16-9-7(10(5)17)2-6(12)3-8(9)18-11(13,14)15/h2-5H,1H3. The highest BCUT2D eigenvalue weighted by Gasteiger charge is 2.34. The molecule has 1 aromatic carbocycles. The molecule has 2 rings (SSSR count). The van der Waals surface area contributed by atoms with Gasteiger partial charge in [-0.05, 0) is 12.1 Å². The van der Waals surface area contributed by atoms with Crippen LogP contribution in [-0.4, -0.2) is 18.4 Å². The van der Waals surface area contributed by atoms with E-state index in [1.54, 1.807) is 6.92 Å². The quantitative estimate of drug-likeness (QED) is 0.787. The van der Waals surface area contributed by atoms with Crippen molar-refractivity contribution >= 4 is 33.6 Å². The van der Waals surface area contributed by atoms with Gasteiger partial charge in [-0.15, -0.1) is 13.2 Å². The first kappa shape index (κ1) is 13.1. The number of ether oxygens (including phenoxy) is 1. The third-order valence-electron chi connectivity index (χ3n) is 2.37. The zero-order valence-electron chi connectivity index (χ0n) is 9.08. The van der Waals surface area contributed by atoms with Gasteiger partial charge in [0.2, 0.25) is 0 Å². The van der Waals surface area contributed by atoms with Crippen LogP contribution in [0, 0.1) is 5.92 Å². The lowest BCUT2D eigenvalue weighted by Crippen LogP contribution is -2.20. The molecule has 0 N–H and O–H groups in total. The Kier molecular flexibility index (Phi) is 3.18. The lowest BCUT2D eigenvalue weighted by atomic mass is 9.96. The summed E-state index contributed by atoms with van der Waals surface area (Å²) < 4.78 is 40.9. The number of alkyl halides is 3. The number of fused-ring (bicyclic) bond motifs is 1. The number of hydrogen-bond acceptors (Lipinski definition) is 3. The van der Waals surface area contributed by atoms with Crippen molar-refractivity contribution < 1.29 is 22.7 Å². The SMILES string of the molecule is CC1C=Nc2c(OC(F)(F)F)cc(Br)cc2C1=O. The number of hydrogen-bond donors (Lipinski definition) is 0. The monoisotopic (exact) mass is 321 g/mol. The van der Waals surface area contributed by atoms with Crippen LogP contribution < -0.4 is 4.74 Å². The zero-order chi connectivity index (χ0) is 13.5. The van der Waals surface area contributed by atoms with Gasteiger partial charge >= 0.3 is 6.36 Å². The second-order valence-electron chi connectivity index (χ2n) is 3.78. The Morgan fingerprint density at radius 2 is 2.06 bits per heavy atom. The van der Waals surface area contributed by atoms with E-state index in [0.29, 0.717) is 4.47 Å². The minimum absolute atomic E-state index is 0.0846. The van der Waals surface area contributed by atoms with Crippen LogP contribution in [0.4, 0.5) is 18.9 Å². The van der Waals surface area contributed by atoms with E-state index in [2.05, 4.69) is 25.7 Å². The summed E-state index contributed by atoms with van der Waals surface area (Å²) in [6, 6.07) is 2.57. The van der Waals surface area contributed by atoms with E-state index < -0.39 is 18.0 Å². The molecule has 0 aliphatic carbocycles. The molecule has 7 heteroatoms. The number of rotatable bonds is 1. The third-order valence-corrected chi connectivity index (χ3v) is 2.83. The van der Waals surface area contributed by atoms with Crippen LogP contribution in [0.1, 0.15) is 17.3 Å². The molecule has 1 aliphatic rings. The number of nitrogens with zero attached hydrogens (tertiary/aromatic N) is 1. The van der Waals surface area contributed by atoms with Crippen molar-refractivity contribution in [2.24, 2.45) is 10.9 Å². The summed E-state index contributed by atoms with van der Waals surface area (Å²) in [5, 5.41) is 0. The molecule has 3 nitrogen and oxygen atoms in total. The normalized spacial score (nSPS) is 18.7. The van der Waals surface area contributed by atoms with Gasteiger partial charge < -0.3 is 4.74 Å². The first-order chi connectivity index (χ1) is 8.28. The molecule has 0 fully saturated rings. The average Bonchev–Trinajstić information content (AvgIpc) is 2.21. The molecule has 0 saturated heterocycles. The molecule has 0 radical (unpaired) electrons. The number of aliphatic imine (C=N–C) groups is 1. The van der Waals surface area contributed by atoms with E-state index in [0.717, 1.165) is 6.07 Å². The minimum atomic E-state index is -4.82. The molecule has 0 aromatic heterocycles. The number of benzene rings is 1. The van der Waals surface area contributed by atoms with Crippen LogP contribution in [0.5, 0.6) is 5.75 Å². The van der Waals surface area contributed by atoms with E-state index in [4.69, 9.17) is 0 Å². The van der Waals surface area contributed by atoms with Gasteiger partial charge in [0, 0.05) is 16.3 Å². The van der Waals surface area contributed by atoms with Gasteiger partial charge in [0.1, 0.15) is 5.69 Å². The van der Waals surface area contributed by atoms with Crippen molar-refractivity contribution in [2.45, 2.75) is 13.3 Å². The van der Waals surface area contributed by atoms with Crippen LogP contribution in [0.15, 0.2) is 21.6 Å². The fraction of sp³-hybridized carbons (Fsp3) is 0.273. The lowest BCUT2D eigenvalue weighted by molar-refractivity contribution is -0.274. The molecule has 1 unspecified atom stereocenters. The summed E-state index contributed by atoms with van der Waals surface area (Å²) in [7, 11) is 0. The molecule has 0 saturated carbocycles. The van der Waals surface area contributed by atoms with Gasteiger partial charge in [-0.2, -0.15) is 0 Å². The summed E-state index contributed by atoms with van der Waals surface area (Å²) in [5.74, 6) is -1.22. The largest absolute Gasteiger partial charge is 0.573 e. The summed E-state index contributed by atoms with van der Waals surface area (Å²) in [6.45, 7) is 1.62. The Labute approximate surface area is 109 Å². The van der Waals surface area contributed by atoms with E-state index in [1.807, 2.05) is 0 Å². The van der Waals surface area contributed by atoms with Gasteiger partial charge in [0.05, 0.1) is 5.92 Å². The summed E-state index contributed by atoms with van der Waals surface area (Å²) in [6.07, 6.45) is -3.52. The van der Waals surface area contributed by atoms with Gasteiger partial charge in [-0.25, -0.2) is 0 Å². The third kappa shape index (κ3) is 2.55. The fourth-order valence-corrected chi connectivity index (χ4v) is 2.03. The van der Waals surface area contributed by atoms with Crippen LogP contribution >= 0.6 is 15.9 Å². The molecule has 0 amide bonds. The predicted molar refractivity (Wildman–Crippen MR) is 62.5 cm³/mol. The molecule has 1 heterocycles. The summed E-state index contributed by atoms with van der Waals surface area (Å²) in [5.41, 5.74) is 0.0391. The molecule has 0 bridgehead atoms. The highest BCUT2D eigenvalue weighted by atomic mass is 79.9. The van der Waals surface area contributed by atoms with Crippen LogP contribution in [0.3, 0.4) is 0 Å². The Morgan fingerprint density at radius 1 is 1.39 bits per heavy atom. The van der Waals surface area contributed by atoms with Gasteiger partial charge in [-0.1, -0.05) is 22.9 Å². The number of Topliss-reactive ketones (excluding diaryl/α,β-unsaturated/α-hetero) is 1. The van der Waals surface area contributed by atoms with Gasteiger partial charge in [-0.3, -0.25) is 9.79 Å². The second-order valence-corrected chi connectivity index (χ2v) is 4.69. The average molecular weight is 322 g/mol. The number of halogens is 4. The highest BCUT2D eigenvalue weighted by molar-refractivity contribution is 9.10. The van der Waals surface area contributed by atoms with Crippen LogP contribution in [-0.2, 0) is 0 Å². The van der Waals surface area contributed by atoms with E-state index in [9.17, 15) is 18.0 Å². The smallest absolute Gasteiger partial charge is 0.403 e. The minimum Gasteiger partial charge on any atom is -0.403 e. The van der Waals surface area contributed by atoms with E-state index in [1.165, 1.54) is 12.3 Å². The Hall–Kier alpha value is -1.37. The maximum atomic E-state index is 12.2. The molecular formula is C11H7BrF3NO2. The Bertz CT molecular complexity index is 540. The fourth-order valence-electron chi connectivity index (χ4n) is 1.60. The van der Waals surface area contributed by atoms with Crippen molar-refractivity contribution in [2.75, 3.05) is 0 Å². The number of carbonyl (C=O) groups excluding carboxylic acids is 1. The highest BCUT2D eigenvalue weighted by Crippen LogP contribution is 2.40. The molecule has 18 heavy (non-hydrogen) atoms. The molecule has 1 atom stereocenters. The van der Waals surface area contributed by atoms with Crippen molar-refractivity contribution in [1.29, 1.82) is 0 Å². The molecule has 96 valence electrons. The van der Waals surface area contributed by atoms with Crippen molar-refractivity contribution in [3.05, 3.63) is 22.2 Å². The topological polar surface area (TPSA) is 38.7 Å². The van der Waals surface area contributed by atoms with E-state index in [-0.39, 0.29) is 17.0 Å². The molecule has 1 aliphatic heterocycles.